The van der Waals surface area contributed by atoms with Crippen molar-refractivity contribution in [2.24, 2.45) is 7.05 Å². The van der Waals surface area contributed by atoms with Crippen LogP contribution in [-0.2, 0) is 20.1 Å². The molecular weight excluding hydrogens is 352 g/mol. The highest BCUT2D eigenvalue weighted by Crippen LogP contribution is 2.40. The lowest BCUT2D eigenvalue weighted by molar-refractivity contribution is 0.199. The summed E-state index contributed by atoms with van der Waals surface area (Å²) in [7, 11) is 2.01. The van der Waals surface area contributed by atoms with E-state index in [1.807, 2.05) is 36.6 Å². The van der Waals surface area contributed by atoms with Crippen LogP contribution >= 0.6 is 0 Å². The first-order valence-corrected chi connectivity index (χ1v) is 10.3. The van der Waals surface area contributed by atoms with E-state index in [9.17, 15) is 0 Å². The summed E-state index contributed by atoms with van der Waals surface area (Å²) in [6.07, 6.45) is 12.5. The molecule has 2 aliphatic rings. The molecule has 0 atom stereocenters. The molecule has 8 heteroatoms. The van der Waals surface area contributed by atoms with Gasteiger partial charge in [-0.3, -0.25) is 9.58 Å². The van der Waals surface area contributed by atoms with Crippen molar-refractivity contribution in [2.45, 2.75) is 57.7 Å². The third-order valence-electron chi connectivity index (χ3n) is 6.27. The zero-order valence-electron chi connectivity index (χ0n) is 16.7. The number of nitrogens with zero attached hydrogens (tertiary/aromatic N) is 8. The molecule has 1 saturated heterocycles. The zero-order valence-corrected chi connectivity index (χ0v) is 16.7. The van der Waals surface area contributed by atoms with Gasteiger partial charge in [0.2, 0.25) is 0 Å². The van der Waals surface area contributed by atoms with Crippen LogP contribution in [0.1, 0.15) is 60.5 Å². The van der Waals surface area contributed by atoms with Crippen LogP contribution in [0.5, 0.6) is 0 Å². The molecule has 0 unspecified atom stereocenters. The minimum atomic E-state index is 0.510. The molecule has 1 aliphatic heterocycles. The standard InChI is InChI=1S/C20H28N8/c1-15-17(11-22-25(15)2)12-26-8-5-16(6-9-26)20-24-23-19(28(20)18-3-4-18)13-27-10-7-21-14-27/h7,10-11,14,16,18H,3-6,8-9,12-13H2,1-2H3. The van der Waals surface area contributed by atoms with Gasteiger partial charge in [0.05, 0.1) is 19.1 Å². The Morgan fingerprint density at radius 2 is 1.89 bits per heavy atom. The quantitative estimate of drug-likeness (QED) is 0.656. The highest BCUT2D eigenvalue weighted by molar-refractivity contribution is 5.16. The SMILES string of the molecule is Cc1c(CN2CCC(c3nnc(Cn4ccnc4)n3C3CC3)CC2)cnn1C. The molecule has 1 aliphatic carbocycles. The fraction of sp³-hybridized carbons (Fsp3) is 0.600. The smallest absolute Gasteiger partial charge is 0.153 e. The van der Waals surface area contributed by atoms with Crippen LogP contribution in [0.4, 0.5) is 0 Å². The van der Waals surface area contributed by atoms with E-state index in [-0.39, 0.29) is 0 Å². The summed E-state index contributed by atoms with van der Waals surface area (Å²) in [5, 5.41) is 13.6. The number of hydrogen-bond donors (Lipinski definition) is 0. The van der Waals surface area contributed by atoms with E-state index >= 15 is 0 Å². The maximum absolute atomic E-state index is 4.66. The fourth-order valence-corrected chi connectivity index (χ4v) is 4.29. The minimum Gasteiger partial charge on any atom is -0.330 e. The summed E-state index contributed by atoms with van der Waals surface area (Å²) in [6.45, 7) is 6.10. The van der Waals surface area contributed by atoms with Gasteiger partial charge in [0.15, 0.2) is 5.82 Å². The molecule has 0 N–H and O–H groups in total. The van der Waals surface area contributed by atoms with E-state index in [1.54, 1.807) is 0 Å². The van der Waals surface area contributed by atoms with Gasteiger partial charge < -0.3 is 9.13 Å². The van der Waals surface area contributed by atoms with Crippen molar-refractivity contribution in [1.82, 2.24) is 39.0 Å². The van der Waals surface area contributed by atoms with Crippen molar-refractivity contribution in [1.29, 1.82) is 0 Å². The maximum Gasteiger partial charge on any atom is 0.153 e. The number of rotatable bonds is 6. The number of piperidine rings is 1. The highest BCUT2D eigenvalue weighted by atomic mass is 15.3. The first-order valence-electron chi connectivity index (χ1n) is 10.3. The summed E-state index contributed by atoms with van der Waals surface area (Å²) in [6, 6.07) is 0.597. The second kappa shape index (κ2) is 7.16. The van der Waals surface area contributed by atoms with Crippen molar-refractivity contribution in [2.75, 3.05) is 13.1 Å². The van der Waals surface area contributed by atoms with Crippen LogP contribution in [-0.4, -0.2) is 52.1 Å². The topological polar surface area (TPSA) is 69.6 Å². The first kappa shape index (κ1) is 17.6. The van der Waals surface area contributed by atoms with E-state index in [2.05, 4.69) is 41.2 Å². The third-order valence-corrected chi connectivity index (χ3v) is 6.27. The Hall–Kier alpha value is -2.48. The van der Waals surface area contributed by atoms with Crippen molar-refractivity contribution < 1.29 is 0 Å². The van der Waals surface area contributed by atoms with Crippen LogP contribution in [0, 0.1) is 6.92 Å². The fourth-order valence-electron chi connectivity index (χ4n) is 4.29. The van der Waals surface area contributed by atoms with Crippen LogP contribution in [0.3, 0.4) is 0 Å². The van der Waals surface area contributed by atoms with Gasteiger partial charge in [-0.1, -0.05) is 0 Å². The lowest BCUT2D eigenvalue weighted by Gasteiger charge is -2.31. The second-order valence-electron chi connectivity index (χ2n) is 8.24. The molecule has 148 valence electrons. The molecule has 0 aromatic carbocycles. The highest BCUT2D eigenvalue weighted by Gasteiger charge is 2.33. The minimum absolute atomic E-state index is 0.510. The number of aromatic nitrogens is 7. The van der Waals surface area contributed by atoms with Crippen LogP contribution in [0.2, 0.25) is 0 Å². The molecule has 1 saturated carbocycles. The largest absolute Gasteiger partial charge is 0.330 e. The molecule has 2 fully saturated rings. The van der Waals surface area contributed by atoms with Gasteiger partial charge >= 0.3 is 0 Å². The number of aryl methyl sites for hydroxylation is 1. The molecule has 0 radical (unpaired) electrons. The molecule has 4 heterocycles. The van der Waals surface area contributed by atoms with Gasteiger partial charge in [-0.25, -0.2) is 4.98 Å². The van der Waals surface area contributed by atoms with E-state index < -0.39 is 0 Å². The van der Waals surface area contributed by atoms with Gasteiger partial charge in [0.25, 0.3) is 0 Å². The molecular formula is C20H28N8. The molecule has 0 bridgehead atoms. The Balaban J connectivity index is 1.27. The molecule has 0 spiro atoms. The molecule has 3 aromatic rings. The lowest BCUT2D eigenvalue weighted by Crippen LogP contribution is -2.33. The predicted molar refractivity (Wildman–Crippen MR) is 105 cm³/mol. The molecule has 8 nitrogen and oxygen atoms in total. The van der Waals surface area contributed by atoms with Gasteiger partial charge in [0, 0.05) is 49.2 Å². The summed E-state index contributed by atoms with van der Waals surface area (Å²) in [4.78, 5) is 6.70. The Kier molecular flexibility index (Phi) is 4.50. The summed E-state index contributed by atoms with van der Waals surface area (Å²) in [5.41, 5.74) is 2.60. The zero-order chi connectivity index (χ0) is 19.1. The Morgan fingerprint density at radius 1 is 1.07 bits per heavy atom. The molecule has 0 amide bonds. The average molecular weight is 381 g/mol. The lowest BCUT2D eigenvalue weighted by atomic mass is 9.95. The predicted octanol–water partition coefficient (Wildman–Crippen LogP) is 2.28. The van der Waals surface area contributed by atoms with Crippen molar-refractivity contribution in [3.63, 3.8) is 0 Å². The molecule has 3 aromatic heterocycles. The second-order valence-corrected chi connectivity index (χ2v) is 8.24. The van der Waals surface area contributed by atoms with Crippen LogP contribution in [0.25, 0.3) is 0 Å². The Bertz CT molecular complexity index is 926. The monoisotopic (exact) mass is 380 g/mol. The van der Waals surface area contributed by atoms with Gasteiger partial charge in [0.1, 0.15) is 5.82 Å². The van der Waals surface area contributed by atoms with Gasteiger partial charge in [-0.2, -0.15) is 5.10 Å². The summed E-state index contributed by atoms with van der Waals surface area (Å²) < 4.78 is 6.47. The van der Waals surface area contributed by atoms with Crippen LogP contribution in [0.15, 0.2) is 24.9 Å². The van der Waals surface area contributed by atoms with Crippen LogP contribution < -0.4 is 0 Å². The molecule has 28 heavy (non-hydrogen) atoms. The van der Waals surface area contributed by atoms with E-state index in [0.29, 0.717) is 12.0 Å². The number of hydrogen-bond acceptors (Lipinski definition) is 5. The number of likely N-dealkylation sites (tertiary alicyclic amines) is 1. The van der Waals surface area contributed by atoms with E-state index in [0.717, 1.165) is 44.8 Å². The van der Waals surface area contributed by atoms with Crippen molar-refractivity contribution >= 4 is 0 Å². The summed E-state index contributed by atoms with van der Waals surface area (Å²) >= 11 is 0. The average Bonchev–Trinajstić information content (AvgIpc) is 3.10. The van der Waals surface area contributed by atoms with E-state index in [4.69, 9.17) is 0 Å². The van der Waals surface area contributed by atoms with Crippen molar-refractivity contribution in [3.05, 3.63) is 47.8 Å². The first-order chi connectivity index (χ1) is 13.7. The van der Waals surface area contributed by atoms with E-state index in [1.165, 1.54) is 29.9 Å². The third kappa shape index (κ3) is 3.37. The van der Waals surface area contributed by atoms with Gasteiger partial charge in [-0.05, 0) is 45.7 Å². The Morgan fingerprint density at radius 3 is 2.54 bits per heavy atom. The van der Waals surface area contributed by atoms with Crippen molar-refractivity contribution in [3.8, 4) is 0 Å². The Labute approximate surface area is 165 Å². The maximum atomic E-state index is 4.66. The van der Waals surface area contributed by atoms with Gasteiger partial charge in [-0.15, -0.1) is 10.2 Å². The summed E-state index contributed by atoms with van der Waals surface area (Å²) in [5.74, 6) is 2.79. The normalized spacial score (nSPS) is 18.8. The number of imidazole rings is 1. The molecule has 5 rings (SSSR count).